The summed E-state index contributed by atoms with van der Waals surface area (Å²) >= 11 is 0. The molecule has 0 aromatic carbocycles. The fraction of sp³-hybridized carbons (Fsp3) is 1.00. The molecule has 1 fully saturated rings. The van der Waals surface area contributed by atoms with Gasteiger partial charge in [-0.3, -0.25) is 0 Å². The molecule has 2 nitrogen and oxygen atoms in total. The van der Waals surface area contributed by atoms with E-state index in [1.165, 1.54) is 0 Å². The van der Waals surface area contributed by atoms with E-state index >= 15 is 0 Å². The molecule has 0 radical (unpaired) electrons. The minimum absolute atomic E-state index is 0.293. The van der Waals surface area contributed by atoms with Crippen molar-refractivity contribution in [3.05, 3.63) is 0 Å². The molecular formula is C6H11F2NO. The zero-order valence-electron chi connectivity index (χ0n) is 5.61. The lowest BCUT2D eigenvalue weighted by molar-refractivity contribution is -0.0896. The molecule has 1 atom stereocenters. The topological polar surface area (TPSA) is 32.3 Å². The molecule has 60 valence electrons. The molecule has 1 aliphatic rings. The maximum absolute atomic E-state index is 12.6. The van der Waals surface area contributed by atoms with Crippen molar-refractivity contribution < 1.29 is 13.9 Å². The van der Waals surface area contributed by atoms with E-state index in [9.17, 15) is 8.78 Å². The lowest BCUT2D eigenvalue weighted by Crippen LogP contribution is -2.47. The van der Waals surface area contributed by atoms with E-state index in [1.807, 2.05) is 0 Å². The van der Waals surface area contributed by atoms with Gasteiger partial charge in [0.1, 0.15) is 0 Å². The number of rotatable bonds is 1. The third-order valence-electron chi connectivity index (χ3n) is 1.85. The highest BCUT2D eigenvalue weighted by Gasteiger charge is 2.40. The van der Waals surface area contributed by atoms with Crippen LogP contribution in [-0.2, 0) is 0 Å². The second-order valence-corrected chi connectivity index (χ2v) is 2.61. The Balaban J connectivity index is 2.51. The van der Waals surface area contributed by atoms with Crippen LogP contribution in [0.3, 0.4) is 0 Å². The number of nitrogens with one attached hydrogen (secondary N) is 1. The summed E-state index contributed by atoms with van der Waals surface area (Å²) in [6, 6.07) is 0. The lowest BCUT2D eigenvalue weighted by atomic mass is 9.95. The van der Waals surface area contributed by atoms with Crippen LogP contribution < -0.4 is 5.32 Å². The van der Waals surface area contributed by atoms with Gasteiger partial charge in [-0.1, -0.05) is 0 Å². The molecule has 0 spiro atoms. The first-order valence-electron chi connectivity index (χ1n) is 3.36. The van der Waals surface area contributed by atoms with E-state index < -0.39 is 18.4 Å². The van der Waals surface area contributed by atoms with Crippen LogP contribution in [0.2, 0.25) is 0 Å². The van der Waals surface area contributed by atoms with Crippen molar-refractivity contribution in [2.24, 2.45) is 5.92 Å². The SMILES string of the molecule is OCC1CCNCC1(F)F. The van der Waals surface area contributed by atoms with Gasteiger partial charge in [-0.05, 0) is 13.0 Å². The highest BCUT2D eigenvalue weighted by molar-refractivity contribution is 4.83. The Morgan fingerprint density at radius 1 is 1.60 bits per heavy atom. The second-order valence-electron chi connectivity index (χ2n) is 2.61. The van der Waals surface area contributed by atoms with Gasteiger partial charge in [0.2, 0.25) is 0 Å². The first-order valence-corrected chi connectivity index (χ1v) is 3.36. The third kappa shape index (κ3) is 1.44. The molecule has 0 bridgehead atoms. The van der Waals surface area contributed by atoms with Gasteiger partial charge in [0.25, 0.3) is 5.92 Å². The van der Waals surface area contributed by atoms with Crippen molar-refractivity contribution in [2.45, 2.75) is 12.3 Å². The molecule has 0 aromatic heterocycles. The average molecular weight is 151 g/mol. The molecule has 0 saturated carbocycles. The monoisotopic (exact) mass is 151 g/mol. The van der Waals surface area contributed by atoms with Gasteiger partial charge < -0.3 is 10.4 Å². The van der Waals surface area contributed by atoms with Crippen molar-refractivity contribution in [2.75, 3.05) is 19.7 Å². The number of piperidine rings is 1. The largest absolute Gasteiger partial charge is 0.396 e. The van der Waals surface area contributed by atoms with E-state index in [-0.39, 0.29) is 6.54 Å². The van der Waals surface area contributed by atoms with Crippen LogP contribution in [0.1, 0.15) is 6.42 Å². The average Bonchev–Trinajstić information content (AvgIpc) is 1.87. The van der Waals surface area contributed by atoms with Crippen molar-refractivity contribution in [3.8, 4) is 0 Å². The van der Waals surface area contributed by atoms with E-state index in [4.69, 9.17) is 5.11 Å². The Labute approximate surface area is 58.2 Å². The lowest BCUT2D eigenvalue weighted by Gasteiger charge is -2.30. The van der Waals surface area contributed by atoms with Crippen LogP contribution in [-0.4, -0.2) is 30.7 Å². The predicted octanol–water partition coefficient (Wildman–Crippen LogP) is 0.224. The van der Waals surface area contributed by atoms with E-state index in [2.05, 4.69) is 5.32 Å². The second kappa shape index (κ2) is 2.80. The highest BCUT2D eigenvalue weighted by atomic mass is 19.3. The summed E-state index contributed by atoms with van der Waals surface area (Å²) < 4.78 is 25.3. The van der Waals surface area contributed by atoms with Crippen molar-refractivity contribution in [1.29, 1.82) is 0 Å². The first kappa shape index (κ1) is 7.88. The number of alkyl halides is 2. The van der Waals surface area contributed by atoms with Crippen LogP contribution in [0.4, 0.5) is 8.78 Å². The molecule has 0 aliphatic carbocycles. The maximum Gasteiger partial charge on any atom is 0.265 e. The Kier molecular flexibility index (Phi) is 2.21. The molecule has 1 aliphatic heterocycles. The summed E-state index contributed by atoms with van der Waals surface area (Å²) in [4.78, 5) is 0. The van der Waals surface area contributed by atoms with E-state index in [0.29, 0.717) is 13.0 Å². The Morgan fingerprint density at radius 2 is 2.30 bits per heavy atom. The number of halogens is 2. The Hall–Kier alpha value is -0.220. The fourth-order valence-electron chi connectivity index (χ4n) is 1.11. The van der Waals surface area contributed by atoms with Gasteiger partial charge >= 0.3 is 0 Å². The molecule has 0 amide bonds. The van der Waals surface area contributed by atoms with Crippen molar-refractivity contribution in [3.63, 3.8) is 0 Å². The van der Waals surface area contributed by atoms with Gasteiger partial charge in [-0.2, -0.15) is 0 Å². The summed E-state index contributed by atoms with van der Waals surface area (Å²) in [5.41, 5.74) is 0. The molecule has 1 unspecified atom stereocenters. The van der Waals surface area contributed by atoms with E-state index in [0.717, 1.165) is 0 Å². The van der Waals surface area contributed by atoms with E-state index in [1.54, 1.807) is 0 Å². The predicted molar refractivity (Wildman–Crippen MR) is 33.0 cm³/mol. The molecule has 4 heteroatoms. The summed E-state index contributed by atoms with van der Waals surface area (Å²) in [6.07, 6.45) is 0.365. The molecule has 1 heterocycles. The van der Waals surface area contributed by atoms with Gasteiger partial charge in [0.05, 0.1) is 13.2 Å². The molecular weight excluding hydrogens is 140 g/mol. The number of hydrogen-bond acceptors (Lipinski definition) is 2. The maximum atomic E-state index is 12.6. The van der Waals surface area contributed by atoms with Crippen molar-refractivity contribution in [1.82, 2.24) is 5.32 Å². The zero-order chi connectivity index (χ0) is 7.61. The normalized spacial score (nSPS) is 32.1. The smallest absolute Gasteiger partial charge is 0.265 e. The summed E-state index contributed by atoms with van der Waals surface area (Å²) in [5.74, 6) is -3.55. The Bertz CT molecular complexity index is 118. The molecule has 0 aromatic rings. The van der Waals surface area contributed by atoms with Crippen LogP contribution >= 0.6 is 0 Å². The number of aliphatic hydroxyl groups is 1. The van der Waals surface area contributed by atoms with Crippen LogP contribution in [0.5, 0.6) is 0 Å². The number of aliphatic hydroxyl groups excluding tert-OH is 1. The first-order chi connectivity index (χ1) is 4.67. The fourth-order valence-corrected chi connectivity index (χ4v) is 1.11. The minimum atomic E-state index is -2.72. The van der Waals surface area contributed by atoms with Gasteiger partial charge in [-0.25, -0.2) is 8.78 Å². The van der Waals surface area contributed by atoms with Gasteiger partial charge in [0, 0.05) is 5.92 Å². The molecule has 1 saturated heterocycles. The summed E-state index contributed by atoms with van der Waals surface area (Å²) in [7, 11) is 0. The quantitative estimate of drug-likeness (QED) is 0.562. The molecule has 2 N–H and O–H groups in total. The zero-order valence-corrected chi connectivity index (χ0v) is 5.61. The van der Waals surface area contributed by atoms with Gasteiger partial charge in [0.15, 0.2) is 0 Å². The molecule has 1 rings (SSSR count). The minimum Gasteiger partial charge on any atom is -0.396 e. The van der Waals surface area contributed by atoms with Gasteiger partial charge in [-0.15, -0.1) is 0 Å². The van der Waals surface area contributed by atoms with Crippen molar-refractivity contribution >= 4 is 0 Å². The Morgan fingerprint density at radius 3 is 2.70 bits per heavy atom. The van der Waals surface area contributed by atoms with Crippen LogP contribution in [0.25, 0.3) is 0 Å². The standard InChI is InChI=1S/C6H11F2NO/c7-6(8)4-9-2-1-5(6)3-10/h5,9-10H,1-4H2. The van der Waals surface area contributed by atoms with Crippen LogP contribution in [0, 0.1) is 5.92 Å². The summed E-state index contributed by atoms with van der Waals surface area (Å²) in [5, 5.41) is 11.1. The van der Waals surface area contributed by atoms with Crippen LogP contribution in [0.15, 0.2) is 0 Å². The number of hydrogen-bond donors (Lipinski definition) is 2. The highest BCUT2D eigenvalue weighted by Crippen LogP contribution is 2.28. The molecule has 10 heavy (non-hydrogen) atoms. The summed E-state index contributed by atoms with van der Waals surface area (Å²) in [6.45, 7) is -0.117. The third-order valence-corrected chi connectivity index (χ3v) is 1.85.